The van der Waals surface area contributed by atoms with E-state index in [1.165, 1.54) is 16.8 Å². The predicted molar refractivity (Wildman–Crippen MR) is 62.4 cm³/mol. The summed E-state index contributed by atoms with van der Waals surface area (Å²) >= 11 is 0. The summed E-state index contributed by atoms with van der Waals surface area (Å²) in [5.41, 5.74) is 0.486. The van der Waals surface area contributed by atoms with Gasteiger partial charge in [-0.3, -0.25) is 4.57 Å². The number of nitrogens with zero attached hydrogens (tertiary/aromatic N) is 2. The maximum atomic E-state index is 14.1. The van der Waals surface area contributed by atoms with Gasteiger partial charge in [0.15, 0.2) is 0 Å². The topological polar surface area (TPSA) is 112 Å². The minimum Gasteiger partial charge on any atom is -0.478 e. The van der Waals surface area contributed by atoms with Crippen molar-refractivity contribution in [3.05, 3.63) is 36.3 Å². The third kappa shape index (κ3) is 2.25. The summed E-state index contributed by atoms with van der Waals surface area (Å²) in [4.78, 5) is 32.5. The molecule has 2 rings (SSSR count). The number of rotatable bonds is 4. The third-order valence-corrected chi connectivity index (χ3v) is 3.97. The average Bonchev–Trinajstić information content (AvgIpc) is 2.71. The molecule has 0 aromatic carbocycles. The fourth-order valence-corrected chi connectivity index (χ4v) is 2.28. The number of carbonyl (C=O) groups is 1. The first kappa shape index (κ1) is 13.7. The summed E-state index contributed by atoms with van der Waals surface area (Å²) < 4.78 is 26.5. The van der Waals surface area contributed by atoms with Gasteiger partial charge < -0.3 is 19.3 Å². The Morgan fingerprint density at radius 1 is 1.47 bits per heavy atom. The highest BCUT2D eigenvalue weighted by Crippen LogP contribution is 2.53. The molecule has 1 unspecified atom stereocenters. The van der Waals surface area contributed by atoms with Gasteiger partial charge in [-0.2, -0.15) is 0 Å². The van der Waals surface area contributed by atoms with Crippen LogP contribution in [0.4, 0.5) is 4.39 Å². The van der Waals surface area contributed by atoms with Crippen LogP contribution in [0.15, 0.2) is 30.6 Å². The Bertz CT molecular complexity index is 681. The van der Waals surface area contributed by atoms with Crippen LogP contribution in [0.1, 0.15) is 5.69 Å². The standard InChI is InChI=1S/C10H10FN2O5P/c11-10(9(14)15,19(16,17)18)5-7-6-12-8-3-1-2-4-13(7)8/h1-4,6H,5H2,(H,14,15)(H2,16,17,18). The highest BCUT2D eigenvalue weighted by Gasteiger charge is 2.55. The number of fused-ring (bicyclic) bond motifs is 1. The highest BCUT2D eigenvalue weighted by atomic mass is 31.2. The van der Waals surface area contributed by atoms with Crippen LogP contribution < -0.4 is 0 Å². The van der Waals surface area contributed by atoms with Crippen molar-refractivity contribution in [2.75, 3.05) is 0 Å². The largest absolute Gasteiger partial charge is 0.478 e. The monoisotopic (exact) mass is 288 g/mol. The molecule has 9 heteroatoms. The number of carboxylic acid groups (broad SMARTS) is 1. The van der Waals surface area contributed by atoms with E-state index in [0.717, 1.165) is 0 Å². The van der Waals surface area contributed by atoms with Gasteiger partial charge in [-0.25, -0.2) is 14.2 Å². The summed E-state index contributed by atoms with van der Waals surface area (Å²) in [6, 6.07) is 4.88. The Labute approximate surface area is 106 Å². The molecule has 19 heavy (non-hydrogen) atoms. The molecule has 0 fully saturated rings. The van der Waals surface area contributed by atoms with Gasteiger partial charge in [-0.1, -0.05) is 6.07 Å². The number of aliphatic carboxylic acids is 1. The van der Waals surface area contributed by atoms with Crippen LogP contribution in [0.5, 0.6) is 0 Å². The fraction of sp³-hybridized carbons (Fsp3) is 0.200. The molecule has 0 radical (unpaired) electrons. The lowest BCUT2D eigenvalue weighted by molar-refractivity contribution is -0.146. The van der Waals surface area contributed by atoms with Crippen molar-refractivity contribution in [3.63, 3.8) is 0 Å². The van der Waals surface area contributed by atoms with E-state index in [-0.39, 0.29) is 5.69 Å². The van der Waals surface area contributed by atoms with E-state index < -0.39 is 25.4 Å². The Hall–Kier alpha value is -1.76. The normalized spacial score (nSPS) is 15.3. The molecule has 0 bridgehead atoms. The van der Waals surface area contributed by atoms with E-state index in [4.69, 9.17) is 14.9 Å². The maximum Gasteiger partial charge on any atom is 0.374 e. The van der Waals surface area contributed by atoms with Crippen LogP contribution in [-0.2, 0) is 15.8 Å². The molecule has 102 valence electrons. The lowest BCUT2D eigenvalue weighted by Crippen LogP contribution is -2.36. The maximum absolute atomic E-state index is 14.1. The molecular formula is C10H10FN2O5P. The van der Waals surface area contributed by atoms with Crippen LogP contribution in [0.3, 0.4) is 0 Å². The van der Waals surface area contributed by atoms with Crippen molar-refractivity contribution in [1.82, 2.24) is 9.38 Å². The Kier molecular flexibility index (Phi) is 3.17. The molecule has 0 aliphatic heterocycles. The van der Waals surface area contributed by atoms with Gasteiger partial charge in [0.25, 0.3) is 0 Å². The number of imidazole rings is 1. The summed E-state index contributed by atoms with van der Waals surface area (Å²) in [5.74, 6) is -2.20. The van der Waals surface area contributed by atoms with Crippen LogP contribution in [-0.4, -0.2) is 35.7 Å². The van der Waals surface area contributed by atoms with E-state index in [0.29, 0.717) is 5.65 Å². The zero-order valence-corrected chi connectivity index (χ0v) is 10.4. The minimum atomic E-state index is -5.47. The van der Waals surface area contributed by atoms with Crippen LogP contribution >= 0.6 is 7.60 Å². The molecule has 7 nitrogen and oxygen atoms in total. The first-order valence-electron chi connectivity index (χ1n) is 5.14. The quantitative estimate of drug-likeness (QED) is 0.717. The fourth-order valence-electron chi connectivity index (χ4n) is 1.66. The highest BCUT2D eigenvalue weighted by molar-refractivity contribution is 7.54. The van der Waals surface area contributed by atoms with Gasteiger partial charge in [0.05, 0.1) is 0 Å². The second kappa shape index (κ2) is 4.41. The van der Waals surface area contributed by atoms with Gasteiger partial charge in [0.2, 0.25) is 0 Å². The molecule has 0 saturated carbocycles. The summed E-state index contributed by atoms with van der Waals surface area (Å²) in [6.07, 6.45) is 1.71. The second-order valence-corrected chi connectivity index (χ2v) is 5.76. The van der Waals surface area contributed by atoms with E-state index in [9.17, 15) is 13.8 Å². The molecule has 2 aromatic heterocycles. The molecule has 0 spiro atoms. The van der Waals surface area contributed by atoms with Gasteiger partial charge >= 0.3 is 19.0 Å². The summed E-state index contributed by atoms with van der Waals surface area (Å²) in [6.45, 7) is 0. The minimum absolute atomic E-state index is 0.0591. The van der Waals surface area contributed by atoms with Crippen LogP contribution in [0, 0.1) is 0 Å². The van der Waals surface area contributed by atoms with Crippen molar-refractivity contribution in [1.29, 1.82) is 0 Å². The van der Waals surface area contributed by atoms with Crippen molar-refractivity contribution < 1.29 is 28.6 Å². The number of pyridine rings is 1. The molecule has 2 aromatic rings. The zero-order valence-electron chi connectivity index (χ0n) is 9.47. The molecule has 0 saturated heterocycles. The smallest absolute Gasteiger partial charge is 0.374 e. The van der Waals surface area contributed by atoms with Crippen LogP contribution in [0.2, 0.25) is 0 Å². The second-order valence-electron chi connectivity index (χ2n) is 3.96. The third-order valence-electron chi connectivity index (χ3n) is 2.70. The summed E-state index contributed by atoms with van der Waals surface area (Å²) in [5, 5.41) is 5.07. The van der Waals surface area contributed by atoms with Crippen molar-refractivity contribution in [3.8, 4) is 0 Å². The molecule has 3 N–H and O–H groups in total. The van der Waals surface area contributed by atoms with Gasteiger partial charge in [0, 0.05) is 24.5 Å². The van der Waals surface area contributed by atoms with E-state index >= 15 is 0 Å². The first-order valence-corrected chi connectivity index (χ1v) is 6.76. The molecule has 0 aliphatic carbocycles. The van der Waals surface area contributed by atoms with E-state index in [2.05, 4.69) is 4.98 Å². The van der Waals surface area contributed by atoms with E-state index in [1.807, 2.05) is 0 Å². The average molecular weight is 288 g/mol. The number of aromatic nitrogens is 2. The lowest BCUT2D eigenvalue weighted by Gasteiger charge is -2.21. The number of hydrogen-bond donors (Lipinski definition) is 3. The van der Waals surface area contributed by atoms with Gasteiger partial charge in [-0.05, 0) is 12.1 Å². The number of alkyl halides is 1. The molecule has 0 amide bonds. The molecule has 1 atom stereocenters. The Morgan fingerprint density at radius 2 is 2.16 bits per heavy atom. The van der Waals surface area contributed by atoms with Crippen molar-refractivity contribution in [2.24, 2.45) is 0 Å². The van der Waals surface area contributed by atoms with Gasteiger partial charge in [-0.15, -0.1) is 0 Å². The lowest BCUT2D eigenvalue weighted by atomic mass is 10.2. The SMILES string of the molecule is O=C(O)C(F)(Cc1cnc2ccccn12)P(=O)(O)O. The zero-order chi connectivity index (χ0) is 14.3. The number of carboxylic acids is 1. The van der Waals surface area contributed by atoms with Crippen LogP contribution in [0.25, 0.3) is 5.65 Å². The Balaban J connectivity index is 2.49. The first-order chi connectivity index (χ1) is 8.75. The molecular weight excluding hydrogens is 278 g/mol. The predicted octanol–water partition coefficient (Wildman–Crippen LogP) is 0.805. The van der Waals surface area contributed by atoms with Crippen molar-refractivity contribution in [2.45, 2.75) is 11.8 Å². The van der Waals surface area contributed by atoms with Crippen molar-refractivity contribution >= 4 is 19.2 Å². The number of halogens is 1. The molecule has 2 heterocycles. The molecule has 0 aliphatic rings. The van der Waals surface area contributed by atoms with Gasteiger partial charge in [0.1, 0.15) is 5.65 Å². The van der Waals surface area contributed by atoms with E-state index in [1.54, 1.807) is 18.2 Å². The Morgan fingerprint density at radius 3 is 2.74 bits per heavy atom. The number of hydrogen-bond acceptors (Lipinski definition) is 3. The summed E-state index contributed by atoms with van der Waals surface area (Å²) in [7, 11) is -5.47.